The summed E-state index contributed by atoms with van der Waals surface area (Å²) in [6, 6.07) is 2.15. The summed E-state index contributed by atoms with van der Waals surface area (Å²) in [5.41, 5.74) is 0. The molecule has 1 aliphatic carbocycles. The first-order valence-corrected chi connectivity index (χ1v) is 6.88. The van der Waals surface area contributed by atoms with Gasteiger partial charge in [-0.15, -0.1) is 0 Å². The topological polar surface area (TPSA) is 54.9 Å². The van der Waals surface area contributed by atoms with Crippen molar-refractivity contribution in [2.75, 3.05) is 0 Å². The van der Waals surface area contributed by atoms with Gasteiger partial charge in [0.15, 0.2) is 5.16 Å². The Morgan fingerprint density at radius 1 is 1.41 bits per heavy atom. The first-order valence-electron chi connectivity index (χ1n) is 6.00. The monoisotopic (exact) mass is 251 g/mol. The molecule has 5 heteroatoms. The number of amides is 1. The van der Waals surface area contributed by atoms with Crippen LogP contribution in [0.5, 0.6) is 0 Å². The van der Waals surface area contributed by atoms with Gasteiger partial charge in [-0.05, 0) is 25.8 Å². The number of aromatic nitrogens is 2. The first kappa shape index (κ1) is 12.4. The SMILES string of the molecule is C[C@@H](Sc1ncccn1)C(=O)NC1CCCC1. The fourth-order valence-corrected chi connectivity index (χ4v) is 2.68. The molecule has 0 aliphatic heterocycles. The Bertz CT molecular complexity index is 365. The van der Waals surface area contributed by atoms with Crippen molar-refractivity contribution < 1.29 is 4.79 Å². The highest BCUT2D eigenvalue weighted by molar-refractivity contribution is 8.00. The number of hydrogen-bond acceptors (Lipinski definition) is 4. The minimum Gasteiger partial charge on any atom is -0.352 e. The number of nitrogens with one attached hydrogen (secondary N) is 1. The highest BCUT2D eigenvalue weighted by Gasteiger charge is 2.21. The highest BCUT2D eigenvalue weighted by atomic mass is 32.2. The lowest BCUT2D eigenvalue weighted by molar-refractivity contribution is -0.120. The number of carbonyl (C=O) groups excluding carboxylic acids is 1. The minimum absolute atomic E-state index is 0.0920. The summed E-state index contributed by atoms with van der Waals surface area (Å²) in [6.07, 6.45) is 8.08. The van der Waals surface area contributed by atoms with Crippen LogP contribution < -0.4 is 5.32 Å². The highest BCUT2D eigenvalue weighted by Crippen LogP contribution is 2.21. The lowest BCUT2D eigenvalue weighted by Gasteiger charge is -2.15. The summed E-state index contributed by atoms with van der Waals surface area (Å²) >= 11 is 1.40. The first-order chi connectivity index (χ1) is 8.25. The van der Waals surface area contributed by atoms with Crippen molar-refractivity contribution in [3.8, 4) is 0 Å². The zero-order chi connectivity index (χ0) is 12.1. The average molecular weight is 251 g/mol. The molecule has 0 saturated heterocycles. The lowest BCUT2D eigenvalue weighted by Crippen LogP contribution is -2.37. The molecule has 0 radical (unpaired) electrons. The molecule has 0 aromatic carbocycles. The van der Waals surface area contributed by atoms with Crippen LogP contribution in [0.2, 0.25) is 0 Å². The number of carbonyl (C=O) groups is 1. The average Bonchev–Trinajstić information content (AvgIpc) is 2.83. The zero-order valence-corrected chi connectivity index (χ0v) is 10.7. The van der Waals surface area contributed by atoms with Crippen molar-refractivity contribution in [1.82, 2.24) is 15.3 Å². The van der Waals surface area contributed by atoms with E-state index in [-0.39, 0.29) is 11.2 Å². The number of hydrogen-bond donors (Lipinski definition) is 1. The second kappa shape index (κ2) is 6.00. The van der Waals surface area contributed by atoms with Crippen LogP contribution in [0.4, 0.5) is 0 Å². The molecular weight excluding hydrogens is 234 g/mol. The van der Waals surface area contributed by atoms with Crippen LogP contribution in [-0.2, 0) is 4.79 Å². The van der Waals surface area contributed by atoms with Gasteiger partial charge in [-0.1, -0.05) is 24.6 Å². The molecule has 1 amide bonds. The van der Waals surface area contributed by atoms with Gasteiger partial charge in [0.05, 0.1) is 5.25 Å². The summed E-state index contributed by atoms with van der Waals surface area (Å²) in [5.74, 6) is 0.0920. The normalized spacial score (nSPS) is 17.9. The maximum absolute atomic E-state index is 11.9. The fraction of sp³-hybridized carbons (Fsp3) is 0.583. The van der Waals surface area contributed by atoms with Crippen LogP contribution in [-0.4, -0.2) is 27.2 Å². The number of thioether (sulfide) groups is 1. The predicted molar refractivity (Wildman–Crippen MR) is 67.7 cm³/mol. The van der Waals surface area contributed by atoms with Gasteiger partial charge in [0, 0.05) is 18.4 Å². The largest absolute Gasteiger partial charge is 0.352 e. The Morgan fingerprint density at radius 2 is 2.06 bits per heavy atom. The third-order valence-electron chi connectivity index (χ3n) is 2.90. The van der Waals surface area contributed by atoms with Crippen molar-refractivity contribution in [3.05, 3.63) is 18.5 Å². The Morgan fingerprint density at radius 3 is 2.71 bits per heavy atom. The summed E-state index contributed by atoms with van der Waals surface area (Å²) in [7, 11) is 0. The van der Waals surface area contributed by atoms with E-state index < -0.39 is 0 Å². The minimum atomic E-state index is -0.141. The molecule has 1 atom stereocenters. The van der Waals surface area contributed by atoms with E-state index >= 15 is 0 Å². The molecule has 0 unspecified atom stereocenters. The van der Waals surface area contributed by atoms with Gasteiger partial charge in [0.2, 0.25) is 5.91 Å². The van der Waals surface area contributed by atoms with E-state index in [0.29, 0.717) is 11.2 Å². The standard InChI is InChI=1S/C12H17N3OS/c1-9(17-12-13-7-4-8-14-12)11(16)15-10-5-2-3-6-10/h4,7-10H,2-3,5-6H2,1H3,(H,15,16)/t9-/m1/s1. The van der Waals surface area contributed by atoms with Gasteiger partial charge in [-0.2, -0.15) is 0 Å². The molecule has 92 valence electrons. The molecule has 0 bridgehead atoms. The van der Waals surface area contributed by atoms with Gasteiger partial charge in [0.25, 0.3) is 0 Å². The van der Waals surface area contributed by atoms with Crippen molar-refractivity contribution in [2.24, 2.45) is 0 Å². The van der Waals surface area contributed by atoms with E-state index in [1.54, 1.807) is 18.5 Å². The van der Waals surface area contributed by atoms with Crippen molar-refractivity contribution in [1.29, 1.82) is 0 Å². The predicted octanol–water partition coefficient (Wildman–Crippen LogP) is 2.02. The summed E-state index contributed by atoms with van der Waals surface area (Å²) in [6.45, 7) is 1.89. The smallest absolute Gasteiger partial charge is 0.233 e. The molecule has 1 aromatic rings. The van der Waals surface area contributed by atoms with Crippen molar-refractivity contribution >= 4 is 17.7 Å². The molecule has 1 N–H and O–H groups in total. The van der Waals surface area contributed by atoms with E-state index in [2.05, 4.69) is 15.3 Å². The molecule has 17 heavy (non-hydrogen) atoms. The molecule has 1 fully saturated rings. The van der Waals surface area contributed by atoms with Crippen molar-refractivity contribution in [2.45, 2.75) is 49.1 Å². The Kier molecular flexibility index (Phi) is 4.36. The van der Waals surface area contributed by atoms with E-state index in [9.17, 15) is 4.79 Å². The van der Waals surface area contributed by atoms with E-state index in [1.807, 2.05) is 6.92 Å². The van der Waals surface area contributed by atoms with Gasteiger partial charge in [0.1, 0.15) is 0 Å². The summed E-state index contributed by atoms with van der Waals surface area (Å²) in [5, 5.41) is 3.60. The third kappa shape index (κ3) is 3.70. The zero-order valence-electron chi connectivity index (χ0n) is 9.93. The van der Waals surface area contributed by atoms with Crippen LogP contribution >= 0.6 is 11.8 Å². The van der Waals surface area contributed by atoms with Gasteiger partial charge in [-0.25, -0.2) is 9.97 Å². The van der Waals surface area contributed by atoms with Crippen LogP contribution in [0.15, 0.2) is 23.6 Å². The molecule has 1 saturated carbocycles. The van der Waals surface area contributed by atoms with Gasteiger partial charge in [-0.3, -0.25) is 4.79 Å². The Balaban J connectivity index is 1.82. The fourth-order valence-electron chi connectivity index (χ4n) is 1.95. The molecule has 1 heterocycles. The Labute approximate surface area is 106 Å². The number of nitrogens with zero attached hydrogens (tertiary/aromatic N) is 2. The lowest BCUT2D eigenvalue weighted by atomic mass is 10.2. The quantitative estimate of drug-likeness (QED) is 0.657. The summed E-state index contributed by atoms with van der Waals surface area (Å²) < 4.78 is 0. The van der Waals surface area contributed by atoms with Crippen LogP contribution in [0.3, 0.4) is 0 Å². The van der Waals surface area contributed by atoms with E-state index in [4.69, 9.17) is 0 Å². The second-order valence-corrected chi connectivity index (χ2v) is 5.59. The summed E-state index contributed by atoms with van der Waals surface area (Å²) in [4.78, 5) is 20.1. The van der Waals surface area contributed by atoms with Crippen LogP contribution in [0.25, 0.3) is 0 Å². The maximum Gasteiger partial charge on any atom is 0.233 e. The molecule has 2 rings (SSSR count). The van der Waals surface area contributed by atoms with E-state index in [1.165, 1.54) is 24.6 Å². The van der Waals surface area contributed by atoms with Gasteiger partial charge < -0.3 is 5.32 Å². The molecular formula is C12H17N3OS. The molecule has 0 spiro atoms. The molecule has 4 nitrogen and oxygen atoms in total. The molecule has 1 aliphatic rings. The van der Waals surface area contributed by atoms with Crippen LogP contribution in [0, 0.1) is 0 Å². The van der Waals surface area contributed by atoms with Crippen LogP contribution in [0.1, 0.15) is 32.6 Å². The maximum atomic E-state index is 11.9. The van der Waals surface area contributed by atoms with Gasteiger partial charge >= 0.3 is 0 Å². The Hall–Kier alpha value is -1.10. The third-order valence-corrected chi connectivity index (χ3v) is 3.88. The second-order valence-electron chi connectivity index (χ2n) is 4.28. The van der Waals surface area contributed by atoms with E-state index in [0.717, 1.165) is 12.8 Å². The van der Waals surface area contributed by atoms with Crippen molar-refractivity contribution in [3.63, 3.8) is 0 Å². The molecule has 1 aromatic heterocycles. The number of rotatable bonds is 4.